The zero-order valence-corrected chi connectivity index (χ0v) is 37.4. The standard InChI is InChI=1S/C27H30N4O6S.C18H19N3O2S/c1-27(2,26(32)37-5)31-24-23(7-6-16-28-24)25(29-31)38(33,34)30(17-19-8-12-21(35-3)13-9-19)18-20-10-14-22(36-4)15-11-20;1-18(2,17(22)23-3)21-15-14(10-7-11-19-15)16(20-21)24-12-13-8-5-4-6-9-13/h6-16H,17-18H2,1-5H3;4-11H,12H2,1-3H3. The van der Waals surface area contributed by atoms with E-state index in [-0.39, 0.29) is 29.7 Å². The SMILES string of the molecule is COC(=O)C(C)(C)n1nc(S(=O)(=O)N(Cc2ccc(OC)cc2)Cc2ccc(OC)cc2)c2cccnc21.COC(=O)C(C)(C)n1nc(SCc2ccccc2)c2cccnc21. The summed E-state index contributed by atoms with van der Waals surface area (Å²) in [4.78, 5) is 33.5. The lowest BCUT2D eigenvalue weighted by atomic mass is 10.1. The van der Waals surface area contributed by atoms with Crippen LogP contribution in [0, 0.1) is 0 Å². The Morgan fingerprint density at radius 2 is 1.08 bits per heavy atom. The molecule has 0 saturated heterocycles. The topological polar surface area (TPSA) is 170 Å². The van der Waals surface area contributed by atoms with E-state index in [2.05, 4.69) is 32.3 Å². The predicted molar refractivity (Wildman–Crippen MR) is 236 cm³/mol. The van der Waals surface area contributed by atoms with Crippen molar-refractivity contribution in [1.29, 1.82) is 0 Å². The van der Waals surface area contributed by atoms with E-state index in [1.807, 2.05) is 54.6 Å². The molecule has 0 aliphatic carbocycles. The molecule has 0 atom stereocenters. The smallest absolute Gasteiger partial charge is 0.333 e. The second-order valence-corrected chi connectivity index (χ2v) is 17.8. The summed E-state index contributed by atoms with van der Waals surface area (Å²) >= 11 is 1.64. The van der Waals surface area contributed by atoms with Crippen LogP contribution in [0.25, 0.3) is 22.1 Å². The van der Waals surface area contributed by atoms with Gasteiger partial charge in [0.15, 0.2) is 22.4 Å². The molecular weight excluding hydrogens is 831 g/mol. The van der Waals surface area contributed by atoms with Crippen LogP contribution >= 0.6 is 11.8 Å². The van der Waals surface area contributed by atoms with Gasteiger partial charge < -0.3 is 18.9 Å². The zero-order valence-electron chi connectivity index (χ0n) is 35.8. The summed E-state index contributed by atoms with van der Waals surface area (Å²) < 4.78 is 53.1. The molecule has 0 aliphatic rings. The highest BCUT2D eigenvalue weighted by Gasteiger charge is 2.39. The highest BCUT2D eigenvalue weighted by molar-refractivity contribution is 7.98. The number of ether oxygens (including phenoxy) is 4. The minimum atomic E-state index is -4.18. The summed E-state index contributed by atoms with van der Waals surface area (Å²) in [6, 6.07) is 31.7. The maximum Gasteiger partial charge on any atom is 0.333 e. The van der Waals surface area contributed by atoms with Crippen molar-refractivity contribution < 1.29 is 37.0 Å². The van der Waals surface area contributed by atoms with Crippen LogP contribution in [0.5, 0.6) is 11.5 Å². The van der Waals surface area contributed by atoms with E-state index in [0.29, 0.717) is 22.5 Å². The Morgan fingerprint density at radius 1 is 0.613 bits per heavy atom. The van der Waals surface area contributed by atoms with Crippen LogP contribution in [0.1, 0.15) is 44.4 Å². The monoisotopic (exact) mass is 879 g/mol. The van der Waals surface area contributed by atoms with Crippen molar-refractivity contribution in [2.24, 2.45) is 0 Å². The van der Waals surface area contributed by atoms with Crippen LogP contribution in [0.15, 0.2) is 126 Å². The molecule has 4 heterocycles. The van der Waals surface area contributed by atoms with Gasteiger partial charge in [0.25, 0.3) is 10.0 Å². The molecule has 15 nitrogen and oxygen atoms in total. The van der Waals surface area contributed by atoms with Gasteiger partial charge in [-0.05, 0) is 92.9 Å². The molecule has 7 rings (SSSR count). The van der Waals surface area contributed by atoms with Gasteiger partial charge in [-0.2, -0.15) is 14.5 Å². The van der Waals surface area contributed by atoms with Crippen LogP contribution in [-0.4, -0.2) is 82.6 Å². The number of hydrogen-bond acceptors (Lipinski definition) is 13. The molecule has 0 unspecified atom stereocenters. The molecule has 324 valence electrons. The molecule has 0 amide bonds. The number of nitrogens with zero attached hydrogens (tertiary/aromatic N) is 7. The Balaban J connectivity index is 0.000000229. The highest BCUT2D eigenvalue weighted by atomic mass is 32.2. The number of rotatable bonds is 15. The number of aromatic nitrogens is 6. The zero-order chi connectivity index (χ0) is 44.7. The van der Waals surface area contributed by atoms with Crippen molar-refractivity contribution in [3.63, 3.8) is 0 Å². The van der Waals surface area contributed by atoms with E-state index in [1.165, 1.54) is 35.0 Å². The maximum absolute atomic E-state index is 14.2. The van der Waals surface area contributed by atoms with Gasteiger partial charge >= 0.3 is 11.9 Å². The third-order valence-corrected chi connectivity index (χ3v) is 12.9. The number of fused-ring (bicyclic) bond motifs is 2. The second kappa shape index (κ2) is 19.2. The number of pyridine rings is 2. The number of carbonyl (C=O) groups is 2. The lowest BCUT2D eigenvalue weighted by Crippen LogP contribution is -2.38. The first-order valence-electron chi connectivity index (χ1n) is 19.4. The van der Waals surface area contributed by atoms with E-state index in [0.717, 1.165) is 27.3 Å². The lowest BCUT2D eigenvalue weighted by Gasteiger charge is -2.23. The molecule has 0 bridgehead atoms. The first-order valence-corrected chi connectivity index (χ1v) is 21.9. The largest absolute Gasteiger partial charge is 0.497 e. The molecule has 0 radical (unpaired) electrons. The molecule has 62 heavy (non-hydrogen) atoms. The molecule has 0 aliphatic heterocycles. The van der Waals surface area contributed by atoms with Crippen molar-refractivity contribution in [1.82, 2.24) is 33.8 Å². The normalized spacial score (nSPS) is 11.9. The molecule has 3 aromatic carbocycles. The van der Waals surface area contributed by atoms with Crippen molar-refractivity contribution >= 4 is 55.8 Å². The molecular formula is C45H49N7O8S2. The van der Waals surface area contributed by atoms with Crippen LogP contribution in [0.2, 0.25) is 0 Å². The summed E-state index contributed by atoms with van der Waals surface area (Å²) in [6.07, 6.45) is 3.23. The van der Waals surface area contributed by atoms with Crippen molar-refractivity contribution in [2.75, 3.05) is 28.4 Å². The van der Waals surface area contributed by atoms with Gasteiger partial charge in [0.05, 0.1) is 39.2 Å². The van der Waals surface area contributed by atoms with E-state index in [9.17, 15) is 18.0 Å². The van der Waals surface area contributed by atoms with Crippen molar-refractivity contribution in [3.05, 3.63) is 132 Å². The Kier molecular flexibility index (Phi) is 14.0. The average molecular weight is 880 g/mol. The van der Waals surface area contributed by atoms with E-state index in [1.54, 1.807) is 101 Å². The summed E-state index contributed by atoms with van der Waals surface area (Å²) in [5, 5.41) is 11.0. The van der Waals surface area contributed by atoms with E-state index in [4.69, 9.17) is 18.9 Å². The molecule has 17 heteroatoms. The lowest BCUT2D eigenvalue weighted by molar-refractivity contribution is -0.150. The minimum absolute atomic E-state index is 0.0768. The molecule has 4 aromatic heterocycles. The summed E-state index contributed by atoms with van der Waals surface area (Å²) in [5.74, 6) is 1.21. The quantitative estimate of drug-likeness (QED) is 0.0739. The Bertz CT molecular complexity index is 2710. The fourth-order valence-electron chi connectivity index (χ4n) is 6.54. The number of benzene rings is 3. The molecule has 0 N–H and O–H groups in total. The summed E-state index contributed by atoms with van der Waals surface area (Å²) in [7, 11) is 1.61. The fourth-order valence-corrected chi connectivity index (χ4v) is 9.00. The Hall–Kier alpha value is -6.30. The van der Waals surface area contributed by atoms with E-state index < -0.39 is 27.1 Å². The van der Waals surface area contributed by atoms with Gasteiger partial charge in [-0.15, -0.1) is 0 Å². The van der Waals surface area contributed by atoms with Gasteiger partial charge in [-0.25, -0.2) is 37.3 Å². The van der Waals surface area contributed by atoms with Crippen LogP contribution in [0.4, 0.5) is 0 Å². The van der Waals surface area contributed by atoms with Gasteiger partial charge in [0.1, 0.15) is 16.5 Å². The number of hydrogen-bond donors (Lipinski definition) is 0. The minimum Gasteiger partial charge on any atom is -0.497 e. The predicted octanol–water partition coefficient (Wildman–Crippen LogP) is 7.38. The Labute approximate surface area is 365 Å². The third-order valence-electron chi connectivity index (χ3n) is 10.1. The third kappa shape index (κ3) is 9.59. The number of methoxy groups -OCH3 is 4. The maximum atomic E-state index is 14.2. The van der Waals surface area contributed by atoms with Crippen LogP contribution < -0.4 is 9.47 Å². The number of carbonyl (C=O) groups excluding carboxylic acids is 2. The first kappa shape index (κ1) is 45.2. The fraction of sp³-hybridized carbons (Fsp3) is 0.289. The number of thioether (sulfide) groups is 1. The van der Waals surface area contributed by atoms with Gasteiger partial charge in [0, 0.05) is 31.2 Å². The molecule has 0 saturated carbocycles. The van der Waals surface area contributed by atoms with Crippen LogP contribution in [-0.2, 0) is 59.0 Å². The molecule has 0 spiro atoms. The average Bonchev–Trinajstić information content (AvgIpc) is 3.89. The van der Waals surface area contributed by atoms with Crippen molar-refractivity contribution in [3.8, 4) is 11.5 Å². The Morgan fingerprint density at radius 3 is 1.56 bits per heavy atom. The number of sulfonamides is 1. The second-order valence-electron chi connectivity index (χ2n) is 15.0. The van der Waals surface area contributed by atoms with Crippen LogP contribution in [0.3, 0.4) is 0 Å². The molecule has 0 fully saturated rings. The highest BCUT2D eigenvalue weighted by Crippen LogP contribution is 2.33. The van der Waals surface area contributed by atoms with Gasteiger partial charge in [0.2, 0.25) is 5.03 Å². The van der Waals surface area contributed by atoms with Gasteiger partial charge in [-0.1, -0.05) is 66.4 Å². The van der Waals surface area contributed by atoms with Crippen molar-refractivity contribution in [2.45, 2.75) is 67.7 Å². The van der Waals surface area contributed by atoms with Gasteiger partial charge in [-0.3, -0.25) is 0 Å². The number of esters is 2. The van der Waals surface area contributed by atoms with E-state index >= 15 is 0 Å². The summed E-state index contributed by atoms with van der Waals surface area (Å²) in [6.45, 7) is 6.92. The molecule has 7 aromatic rings. The summed E-state index contributed by atoms with van der Waals surface area (Å²) in [5.41, 5.74) is 1.47. The first-order chi connectivity index (χ1) is 29.6.